The van der Waals surface area contributed by atoms with E-state index in [0.29, 0.717) is 11.4 Å². The number of nitrogens with zero attached hydrogens (tertiary/aromatic N) is 1. The van der Waals surface area contributed by atoms with Gasteiger partial charge in [-0.05, 0) is 55.3 Å². The molecule has 124 valence electrons. The van der Waals surface area contributed by atoms with Crippen LogP contribution in [0.15, 0.2) is 40.9 Å². The molecule has 0 saturated heterocycles. The maximum Gasteiger partial charge on any atom is 0.265 e. The summed E-state index contributed by atoms with van der Waals surface area (Å²) >= 11 is 3.40. The van der Waals surface area contributed by atoms with Gasteiger partial charge in [0.1, 0.15) is 12.3 Å². The third-order valence-corrected chi connectivity index (χ3v) is 4.31. The Hall–Kier alpha value is -2.34. The van der Waals surface area contributed by atoms with Gasteiger partial charge in [0, 0.05) is 10.2 Å². The van der Waals surface area contributed by atoms with Crippen molar-refractivity contribution in [3.8, 4) is 5.75 Å². The molecule has 0 unspecified atom stereocenters. The Kier molecular flexibility index (Phi) is 4.57. The van der Waals surface area contributed by atoms with E-state index in [-0.39, 0.29) is 25.0 Å². The number of hydrogen-bond donors (Lipinski definition) is 1. The van der Waals surface area contributed by atoms with E-state index in [1.54, 1.807) is 0 Å². The van der Waals surface area contributed by atoms with Gasteiger partial charge in [-0.1, -0.05) is 22.0 Å². The van der Waals surface area contributed by atoms with E-state index >= 15 is 0 Å². The van der Waals surface area contributed by atoms with E-state index in [1.807, 2.05) is 50.2 Å². The standard InChI is InChI=1S/C18H17BrN2O3/c1-11-3-6-16-15(7-11)21(18(23)10-24-16)9-17(22)20-14-5-4-13(19)8-12(14)2/h3-8H,9-10H2,1-2H3,(H,20,22). The molecule has 1 heterocycles. The number of hydrogen-bond acceptors (Lipinski definition) is 3. The highest BCUT2D eigenvalue weighted by Gasteiger charge is 2.27. The zero-order valence-corrected chi connectivity index (χ0v) is 15.0. The number of carbonyl (C=O) groups excluding carboxylic acids is 2. The minimum absolute atomic E-state index is 0.0475. The average Bonchev–Trinajstić information content (AvgIpc) is 2.53. The minimum Gasteiger partial charge on any atom is -0.482 e. The molecule has 0 bridgehead atoms. The molecule has 3 rings (SSSR count). The van der Waals surface area contributed by atoms with Gasteiger partial charge in [-0.15, -0.1) is 0 Å². The summed E-state index contributed by atoms with van der Waals surface area (Å²) in [6.45, 7) is 3.75. The van der Waals surface area contributed by atoms with E-state index in [0.717, 1.165) is 21.3 Å². The number of anilines is 2. The zero-order valence-electron chi connectivity index (χ0n) is 13.4. The second-order valence-corrected chi connectivity index (χ2v) is 6.66. The number of aryl methyl sites for hydroxylation is 2. The molecule has 0 aliphatic carbocycles. The number of rotatable bonds is 3. The van der Waals surface area contributed by atoms with Crippen molar-refractivity contribution in [2.24, 2.45) is 0 Å². The monoisotopic (exact) mass is 388 g/mol. The quantitative estimate of drug-likeness (QED) is 0.875. The van der Waals surface area contributed by atoms with Crippen LogP contribution in [-0.2, 0) is 9.59 Å². The molecule has 0 spiro atoms. The summed E-state index contributed by atoms with van der Waals surface area (Å²) in [5.41, 5.74) is 3.31. The van der Waals surface area contributed by atoms with E-state index in [4.69, 9.17) is 4.74 Å². The van der Waals surface area contributed by atoms with Crippen molar-refractivity contribution >= 4 is 39.1 Å². The highest BCUT2D eigenvalue weighted by Crippen LogP contribution is 2.32. The van der Waals surface area contributed by atoms with Crippen LogP contribution in [-0.4, -0.2) is 25.0 Å². The molecule has 0 radical (unpaired) electrons. The van der Waals surface area contributed by atoms with Crippen molar-refractivity contribution in [2.45, 2.75) is 13.8 Å². The maximum absolute atomic E-state index is 12.4. The van der Waals surface area contributed by atoms with Crippen LogP contribution >= 0.6 is 15.9 Å². The third kappa shape index (κ3) is 3.43. The van der Waals surface area contributed by atoms with Crippen molar-refractivity contribution in [3.05, 3.63) is 52.0 Å². The molecule has 5 nitrogen and oxygen atoms in total. The molecule has 2 aromatic carbocycles. The number of amides is 2. The fraction of sp³-hybridized carbons (Fsp3) is 0.222. The van der Waals surface area contributed by atoms with E-state index in [9.17, 15) is 9.59 Å². The first-order valence-corrected chi connectivity index (χ1v) is 8.33. The summed E-state index contributed by atoms with van der Waals surface area (Å²) in [6.07, 6.45) is 0. The fourth-order valence-corrected chi connectivity index (χ4v) is 3.06. The molecule has 1 aliphatic rings. The molecule has 0 saturated carbocycles. The number of benzene rings is 2. The lowest BCUT2D eigenvalue weighted by Crippen LogP contribution is -2.43. The normalized spacial score (nSPS) is 13.3. The minimum atomic E-state index is -0.247. The predicted molar refractivity (Wildman–Crippen MR) is 96.5 cm³/mol. The molecule has 0 atom stereocenters. The Bertz CT molecular complexity index is 820. The average molecular weight is 389 g/mol. The SMILES string of the molecule is Cc1ccc2c(c1)N(CC(=O)Nc1ccc(Br)cc1C)C(=O)CO2. The van der Waals surface area contributed by atoms with Gasteiger partial charge in [-0.3, -0.25) is 14.5 Å². The smallest absolute Gasteiger partial charge is 0.265 e. The van der Waals surface area contributed by atoms with Gasteiger partial charge in [0.2, 0.25) is 5.91 Å². The molecule has 0 fully saturated rings. The molecular weight excluding hydrogens is 372 g/mol. The Balaban J connectivity index is 1.79. The number of nitrogens with one attached hydrogen (secondary N) is 1. The Morgan fingerprint density at radius 2 is 2.04 bits per heavy atom. The lowest BCUT2D eigenvalue weighted by atomic mass is 10.1. The summed E-state index contributed by atoms with van der Waals surface area (Å²) < 4.78 is 6.37. The first-order chi connectivity index (χ1) is 11.4. The van der Waals surface area contributed by atoms with Gasteiger partial charge in [0.25, 0.3) is 5.91 Å². The molecule has 0 aromatic heterocycles. The highest BCUT2D eigenvalue weighted by molar-refractivity contribution is 9.10. The number of halogens is 1. The van der Waals surface area contributed by atoms with E-state index in [2.05, 4.69) is 21.2 Å². The van der Waals surface area contributed by atoms with Crippen molar-refractivity contribution < 1.29 is 14.3 Å². The van der Waals surface area contributed by atoms with Crippen molar-refractivity contribution in [1.82, 2.24) is 0 Å². The molecule has 1 N–H and O–H groups in total. The number of ether oxygens (including phenoxy) is 1. The van der Waals surface area contributed by atoms with Crippen LogP contribution in [0.4, 0.5) is 11.4 Å². The van der Waals surface area contributed by atoms with Crippen LogP contribution in [0.1, 0.15) is 11.1 Å². The molecule has 1 aliphatic heterocycles. The molecule has 2 aromatic rings. The number of carbonyl (C=O) groups is 2. The van der Waals surface area contributed by atoms with E-state index < -0.39 is 0 Å². The summed E-state index contributed by atoms with van der Waals surface area (Å²) in [6, 6.07) is 11.2. The van der Waals surface area contributed by atoms with Crippen LogP contribution in [0, 0.1) is 13.8 Å². The van der Waals surface area contributed by atoms with Crippen LogP contribution in [0.5, 0.6) is 5.75 Å². The molecule has 2 amide bonds. The van der Waals surface area contributed by atoms with Gasteiger partial charge < -0.3 is 10.1 Å². The van der Waals surface area contributed by atoms with Gasteiger partial charge in [-0.25, -0.2) is 0 Å². The first kappa shape index (κ1) is 16.5. The largest absolute Gasteiger partial charge is 0.482 e. The molecular formula is C18H17BrN2O3. The first-order valence-electron chi connectivity index (χ1n) is 7.54. The van der Waals surface area contributed by atoms with Crippen molar-refractivity contribution in [2.75, 3.05) is 23.4 Å². The Labute approximate surface area is 148 Å². The maximum atomic E-state index is 12.4. The van der Waals surface area contributed by atoms with Gasteiger partial charge in [-0.2, -0.15) is 0 Å². The Morgan fingerprint density at radius 1 is 1.25 bits per heavy atom. The lowest BCUT2D eigenvalue weighted by Gasteiger charge is -2.29. The van der Waals surface area contributed by atoms with Gasteiger partial charge in [0.15, 0.2) is 6.61 Å². The second-order valence-electron chi connectivity index (χ2n) is 5.75. The van der Waals surface area contributed by atoms with E-state index in [1.165, 1.54) is 4.90 Å². The van der Waals surface area contributed by atoms with Crippen molar-refractivity contribution in [1.29, 1.82) is 0 Å². The second kappa shape index (κ2) is 6.65. The summed E-state index contributed by atoms with van der Waals surface area (Å²) in [4.78, 5) is 26.1. The predicted octanol–water partition coefficient (Wildman–Crippen LogP) is 3.43. The topological polar surface area (TPSA) is 58.6 Å². The third-order valence-electron chi connectivity index (χ3n) is 3.82. The summed E-state index contributed by atoms with van der Waals surface area (Å²) in [7, 11) is 0. The van der Waals surface area contributed by atoms with Crippen LogP contribution in [0.25, 0.3) is 0 Å². The van der Waals surface area contributed by atoms with Crippen LogP contribution in [0.3, 0.4) is 0 Å². The van der Waals surface area contributed by atoms with Gasteiger partial charge >= 0.3 is 0 Å². The number of fused-ring (bicyclic) bond motifs is 1. The van der Waals surface area contributed by atoms with Gasteiger partial charge in [0.05, 0.1) is 5.69 Å². The molecule has 6 heteroatoms. The highest BCUT2D eigenvalue weighted by atomic mass is 79.9. The van der Waals surface area contributed by atoms with Crippen LogP contribution in [0.2, 0.25) is 0 Å². The summed E-state index contributed by atoms with van der Waals surface area (Å²) in [5, 5.41) is 2.86. The fourth-order valence-electron chi connectivity index (χ4n) is 2.59. The molecule has 24 heavy (non-hydrogen) atoms. The zero-order chi connectivity index (χ0) is 17.3. The summed E-state index contributed by atoms with van der Waals surface area (Å²) in [5.74, 6) is 0.145. The lowest BCUT2D eigenvalue weighted by molar-refractivity contribution is -0.123. The van der Waals surface area contributed by atoms with Crippen LogP contribution < -0.4 is 15.0 Å². The Morgan fingerprint density at radius 3 is 2.79 bits per heavy atom. The van der Waals surface area contributed by atoms with Crippen molar-refractivity contribution in [3.63, 3.8) is 0 Å².